The molecule has 3 aliphatic heterocycles. The van der Waals surface area contributed by atoms with Crippen molar-refractivity contribution in [2.45, 2.75) is 19.0 Å². The second kappa shape index (κ2) is 7.43. The first-order chi connectivity index (χ1) is 13.5. The lowest BCUT2D eigenvalue weighted by Crippen LogP contribution is -2.32. The molecular weight excluding hydrogens is 380 g/mol. The van der Waals surface area contributed by atoms with E-state index in [4.69, 9.17) is 4.42 Å². The Morgan fingerprint density at radius 2 is 2.14 bits per heavy atom. The average Bonchev–Trinajstić information content (AvgIpc) is 3.35. The van der Waals surface area contributed by atoms with Crippen LogP contribution in [0.1, 0.15) is 38.4 Å². The number of allylic oxidation sites excluding steroid dienone is 1. The Hall–Kier alpha value is -3.20. The van der Waals surface area contributed by atoms with Crippen LogP contribution in [0, 0.1) is 0 Å². The van der Waals surface area contributed by atoms with Gasteiger partial charge in [-0.1, -0.05) is 0 Å². The van der Waals surface area contributed by atoms with Crippen LogP contribution in [0.2, 0.25) is 0 Å². The molecule has 28 heavy (non-hydrogen) atoms. The van der Waals surface area contributed by atoms with Gasteiger partial charge in [-0.25, -0.2) is 4.79 Å². The van der Waals surface area contributed by atoms with Gasteiger partial charge in [0.15, 0.2) is 6.04 Å². The van der Waals surface area contributed by atoms with Crippen molar-refractivity contribution >= 4 is 41.5 Å². The standard InChI is InChI=1S/C11H9N3O3.C8H9NOS/c15-10-9(13-11(16)14-10)8-4-6-5-12-3-1-2-7(6)17-8;1-9-4-2-6-3-5-11-7(6)8(9)10/h1-4,9H,5H2,(H2,13,14,15,16);3,5H,2,4H2,1H3. The van der Waals surface area contributed by atoms with Gasteiger partial charge in [0.1, 0.15) is 11.5 Å². The fraction of sp³-hybridized carbons (Fsp3) is 0.263. The van der Waals surface area contributed by atoms with Gasteiger partial charge < -0.3 is 14.6 Å². The van der Waals surface area contributed by atoms with Gasteiger partial charge >= 0.3 is 6.03 Å². The summed E-state index contributed by atoms with van der Waals surface area (Å²) in [6, 6.07) is 2.55. The van der Waals surface area contributed by atoms with Gasteiger partial charge in [0, 0.05) is 25.4 Å². The number of amides is 4. The van der Waals surface area contributed by atoms with E-state index in [9.17, 15) is 14.4 Å². The summed E-state index contributed by atoms with van der Waals surface area (Å²) in [5, 5.41) is 6.64. The van der Waals surface area contributed by atoms with Crippen LogP contribution in [0.4, 0.5) is 4.79 Å². The second-order valence-electron chi connectivity index (χ2n) is 6.53. The number of furan rings is 1. The molecule has 0 bridgehead atoms. The third-order valence-corrected chi connectivity index (χ3v) is 5.57. The quantitative estimate of drug-likeness (QED) is 0.718. The first-order valence-electron chi connectivity index (χ1n) is 8.75. The van der Waals surface area contributed by atoms with Crippen LogP contribution >= 0.6 is 11.3 Å². The molecule has 2 aromatic heterocycles. The zero-order valence-electron chi connectivity index (χ0n) is 15.1. The van der Waals surface area contributed by atoms with Gasteiger partial charge in [0.05, 0.1) is 11.4 Å². The number of fused-ring (bicyclic) bond motifs is 2. The normalized spacial score (nSPS) is 20.0. The molecule has 0 radical (unpaired) electrons. The van der Waals surface area contributed by atoms with Crippen molar-refractivity contribution < 1.29 is 18.8 Å². The summed E-state index contributed by atoms with van der Waals surface area (Å²) in [6.07, 6.45) is 6.26. The predicted octanol–water partition coefficient (Wildman–Crippen LogP) is 2.13. The van der Waals surface area contributed by atoms with Gasteiger partial charge in [-0.2, -0.15) is 0 Å². The molecule has 8 nitrogen and oxygen atoms in total. The maximum atomic E-state index is 11.5. The molecule has 0 aromatic carbocycles. The summed E-state index contributed by atoms with van der Waals surface area (Å²) in [6.45, 7) is 1.37. The third-order valence-electron chi connectivity index (χ3n) is 4.62. The molecule has 0 aliphatic carbocycles. The average molecular weight is 398 g/mol. The summed E-state index contributed by atoms with van der Waals surface area (Å²) in [4.78, 5) is 40.7. The predicted molar refractivity (Wildman–Crippen MR) is 104 cm³/mol. The Balaban J connectivity index is 0.000000151. The first-order valence-corrected chi connectivity index (χ1v) is 9.63. The van der Waals surface area contributed by atoms with Crippen molar-refractivity contribution in [2.75, 3.05) is 13.6 Å². The van der Waals surface area contributed by atoms with E-state index in [0.717, 1.165) is 23.4 Å². The molecule has 2 aromatic rings. The number of aliphatic imine (C=N–C) groups is 1. The van der Waals surface area contributed by atoms with E-state index in [1.54, 1.807) is 40.7 Å². The Morgan fingerprint density at radius 1 is 1.29 bits per heavy atom. The van der Waals surface area contributed by atoms with E-state index in [1.807, 2.05) is 18.5 Å². The lowest BCUT2D eigenvalue weighted by molar-refractivity contribution is -0.120. The van der Waals surface area contributed by atoms with E-state index in [0.29, 0.717) is 18.1 Å². The van der Waals surface area contributed by atoms with Crippen molar-refractivity contribution in [3.8, 4) is 0 Å². The Labute approximate surface area is 164 Å². The Kier molecular flexibility index (Phi) is 4.82. The number of carbonyl (C=O) groups is 3. The summed E-state index contributed by atoms with van der Waals surface area (Å²) in [5.74, 6) is 0.888. The highest BCUT2D eigenvalue weighted by atomic mass is 32.1. The molecule has 0 spiro atoms. The number of imide groups is 1. The van der Waals surface area contributed by atoms with Gasteiger partial charge in [-0.15, -0.1) is 11.3 Å². The maximum Gasteiger partial charge on any atom is 0.322 e. The lowest BCUT2D eigenvalue weighted by atomic mass is 10.1. The topological polar surface area (TPSA) is 104 Å². The largest absolute Gasteiger partial charge is 0.459 e. The second-order valence-corrected chi connectivity index (χ2v) is 7.45. The van der Waals surface area contributed by atoms with Crippen LogP contribution in [0.3, 0.4) is 0 Å². The minimum atomic E-state index is -0.744. The minimum Gasteiger partial charge on any atom is -0.459 e. The molecular formula is C19H18N4O4S. The zero-order valence-corrected chi connectivity index (χ0v) is 15.9. The monoisotopic (exact) mass is 398 g/mol. The van der Waals surface area contributed by atoms with Crippen LogP contribution in [-0.2, 0) is 17.8 Å². The zero-order chi connectivity index (χ0) is 19.7. The molecule has 144 valence electrons. The fourth-order valence-corrected chi connectivity index (χ4v) is 4.06. The van der Waals surface area contributed by atoms with Gasteiger partial charge in [0.25, 0.3) is 11.8 Å². The van der Waals surface area contributed by atoms with Gasteiger partial charge in [-0.3, -0.25) is 19.9 Å². The molecule has 5 heterocycles. The lowest BCUT2D eigenvalue weighted by Gasteiger charge is -2.21. The highest BCUT2D eigenvalue weighted by Gasteiger charge is 2.34. The van der Waals surface area contributed by atoms with E-state index < -0.39 is 18.0 Å². The van der Waals surface area contributed by atoms with Crippen LogP contribution < -0.4 is 10.6 Å². The molecule has 4 amide bonds. The maximum absolute atomic E-state index is 11.5. The number of rotatable bonds is 1. The van der Waals surface area contributed by atoms with Crippen LogP contribution in [0.15, 0.2) is 33.0 Å². The van der Waals surface area contributed by atoms with Crippen molar-refractivity contribution in [1.29, 1.82) is 0 Å². The SMILES string of the molecule is CN1CCc2ccsc2C1=O.O=C1NC(=O)C(c2cc3c(o2)C=CC=NC3)N1. The summed E-state index contributed by atoms with van der Waals surface area (Å²) in [7, 11) is 1.85. The number of hydrogen-bond acceptors (Lipinski definition) is 6. The smallest absolute Gasteiger partial charge is 0.322 e. The summed E-state index contributed by atoms with van der Waals surface area (Å²) in [5.41, 5.74) is 2.12. The molecule has 1 unspecified atom stereocenters. The molecule has 9 heteroatoms. The Bertz CT molecular complexity index is 1000. The fourth-order valence-electron chi connectivity index (χ4n) is 3.11. The van der Waals surface area contributed by atoms with Gasteiger partial charge in [-0.05, 0) is 41.6 Å². The number of urea groups is 1. The van der Waals surface area contributed by atoms with E-state index in [1.165, 1.54) is 5.56 Å². The van der Waals surface area contributed by atoms with Crippen molar-refractivity contribution in [1.82, 2.24) is 15.5 Å². The van der Waals surface area contributed by atoms with Crippen LogP contribution in [0.25, 0.3) is 6.08 Å². The molecule has 1 fully saturated rings. The van der Waals surface area contributed by atoms with Crippen LogP contribution in [-0.4, -0.2) is 42.6 Å². The third kappa shape index (κ3) is 3.48. The Morgan fingerprint density at radius 3 is 2.93 bits per heavy atom. The highest BCUT2D eigenvalue weighted by Crippen LogP contribution is 2.26. The number of nitrogens with zero attached hydrogens (tertiary/aromatic N) is 2. The first kappa shape index (κ1) is 18.2. The molecule has 0 saturated carbocycles. The summed E-state index contributed by atoms with van der Waals surface area (Å²) >= 11 is 1.55. The number of likely N-dealkylation sites (N-methyl/N-ethyl adjacent to an activating group) is 1. The van der Waals surface area contributed by atoms with Crippen molar-refractivity contribution in [3.63, 3.8) is 0 Å². The molecule has 5 rings (SSSR count). The molecule has 2 N–H and O–H groups in total. The highest BCUT2D eigenvalue weighted by molar-refractivity contribution is 7.12. The van der Waals surface area contributed by atoms with E-state index in [2.05, 4.69) is 15.6 Å². The minimum absolute atomic E-state index is 0.182. The van der Waals surface area contributed by atoms with Gasteiger partial charge in [0.2, 0.25) is 0 Å². The number of hydrogen-bond donors (Lipinski definition) is 2. The van der Waals surface area contributed by atoms with E-state index in [-0.39, 0.29) is 5.91 Å². The van der Waals surface area contributed by atoms with Crippen molar-refractivity contribution in [3.05, 3.63) is 51.1 Å². The molecule has 1 saturated heterocycles. The number of carbonyl (C=O) groups excluding carboxylic acids is 3. The molecule has 3 aliphatic rings. The van der Waals surface area contributed by atoms with E-state index >= 15 is 0 Å². The summed E-state index contributed by atoms with van der Waals surface area (Å²) < 4.78 is 5.55. The number of nitrogens with one attached hydrogen (secondary N) is 2. The van der Waals surface area contributed by atoms with Crippen LogP contribution in [0.5, 0.6) is 0 Å². The van der Waals surface area contributed by atoms with Crippen molar-refractivity contribution in [2.24, 2.45) is 4.99 Å². The molecule has 1 atom stereocenters. The number of thiophene rings is 1.